The molecule has 2 aliphatic carbocycles. The Morgan fingerprint density at radius 2 is 1.72 bits per heavy atom. The summed E-state index contributed by atoms with van der Waals surface area (Å²) < 4.78 is 39.0. The second-order valence-electron chi connectivity index (χ2n) is 8.52. The van der Waals surface area contributed by atoms with Crippen molar-refractivity contribution in [2.45, 2.75) is 71.6 Å². The van der Waals surface area contributed by atoms with Crippen LogP contribution in [0.2, 0.25) is 0 Å². The highest BCUT2D eigenvalue weighted by Gasteiger charge is 2.29. The summed E-state index contributed by atoms with van der Waals surface area (Å²) in [6.07, 6.45) is 16.5. The molecule has 0 aliphatic heterocycles. The third-order valence-electron chi connectivity index (χ3n) is 6.49. The molecular weight excluding hydrogens is 370 g/mol. The lowest BCUT2D eigenvalue weighted by molar-refractivity contribution is 0.145. The maximum Gasteiger partial charge on any atom is 0.205 e. The number of allylic oxidation sites excluding steroid dienone is 3. The minimum absolute atomic E-state index is 0.0293. The Kier molecular flexibility index (Phi) is 8.14. The van der Waals surface area contributed by atoms with E-state index in [2.05, 4.69) is 13.0 Å². The smallest absolute Gasteiger partial charge is 0.205 e. The van der Waals surface area contributed by atoms with Gasteiger partial charge in [-0.1, -0.05) is 31.1 Å². The lowest BCUT2D eigenvalue weighted by atomic mass is 9.71. The van der Waals surface area contributed by atoms with Crippen LogP contribution in [-0.4, -0.2) is 6.61 Å². The summed E-state index contributed by atoms with van der Waals surface area (Å²) in [5.41, 5.74) is 1.65. The molecule has 160 valence electrons. The summed E-state index contributed by atoms with van der Waals surface area (Å²) in [6, 6.07) is 2.86. The Morgan fingerprint density at radius 1 is 1.00 bits per heavy atom. The summed E-state index contributed by atoms with van der Waals surface area (Å²) in [4.78, 5) is 0. The molecule has 1 saturated carbocycles. The minimum Gasteiger partial charge on any atom is -0.490 e. The second kappa shape index (κ2) is 10.8. The zero-order valence-corrected chi connectivity index (χ0v) is 17.8. The van der Waals surface area contributed by atoms with Gasteiger partial charge in [0.25, 0.3) is 0 Å². The van der Waals surface area contributed by atoms with Crippen molar-refractivity contribution in [3.05, 3.63) is 47.8 Å². The average Bonchev–Trinajstić information content (AvgIpc) is 2.75. The molecule has 0 aromatic heterocycles. The van der Waals surface area contributed by atoms with Crippen LogP contribution in [0.5, 0.6) is 11.5 Å². The van der Waals surface area contributed by atoms with Gasteiger partial charge < -0.3 is 9.47 Å². The molecule has 3 rings (SSSR count). The van der Waals surface area contributed by atoms with Gasteiger partial charge in [-0.2, -0.15) is 8.78 Å². The number of benzene rings is 1. The first-order chi connectivity index (χ1) is 14.1. The minimum atomic E-state index is -1.00. The van der Waals surface area contributed by atoms with Gasteiger partial charge in [0.2, 0.25) is 11.6 Å². The van der Waals surface area contributed by atoms with Gasteiger partial charge >= 0.3 is 0 Å². The molecule has 0 amide bonds. The fourth-order valence-corrected chi connectivity index (χ4v) is 4.78. The second-order valence-corrected chi connectivity index (χ2v) is 8.52. The molecule has 0 heterocycles. The molecule has 1 unspecified atom stereocenters. The molecule has 29 heavy (non-hydrogen) atoms. The van der Waals surface area contributed by atoms with Crippen molar-refractivity contribution < 1.29 is 18.3 Å². The van der Waals surface area contributed by atoms with Gasteiger partial charge in [-0.05, 0) is 88.2 Å². The van der Waals surface area contributed by atoms with E-state index in [1.807, 2.05) is 0 Å². The molecule has 0 radical (unpaired) electrons. The molecule has 2 nitrogen and oxygen atoms in total. The molecule has 0 bridgehead atoms. The molecule has 1 atom stereocenters. The molecule has 0 N–H and O–H groups in total. The molecule has 1 aromatic carbocycles. The van der Waals surface area contributed by atoms with Crippen LogP contribution in [0, 0.1) is 29.4 Å². The summed E-state index contributed by atoms with van der Waals surface area (Å²) in [7, 11) is 0. The van der Waals surface area contributed by atoms with Crippen LogP contribution in [0.3, 0.4) is 0 Å². The molecule has 0 spiro atoms. The number of ether oxygens (including phenoxy) is 2. The van der Waals surface area contributed by atoms with E-state index in [0.29, 0.717) is 12.5 Å². The van der Waals surface area contributed by atoms with Crippen molar-refractivity contribution in [2.75, 3.05) is 6.61 Å². The highest BCUT2D eigenvalue weighted by Crippen LogP contribution is 2.40. The topological polar surface area (TPSA) is 18.5 Å². The monoisotopic (exact) mass is 404 g/mol. The SMILES string of the molecule is C/C=C/Oc1ccc(OCC2CCC(C3CC=C(CCC)CC3)CC2)c(F)c1F. The van der Waals surface area contributed by atoms with E-state index < -0.39 is 11.6 Å². The van der Waals surface area contributed by atoms with E-state index in [4.69, 9.17) is 9.47 Å². The number of rotatable bonds is 8. The van der Waals surface area contributed by atoms with Crippen molar-refractivity contribution in [1.29, 1.82) is 0 Å². The van der Waals surface area contributed by atoms with Gasteiger partial charge in [0, 0.05) is 0 Å². The van der Waals surface area contributed by atoms with Crippen molar-refractivity contribution in [3.8, 4) is 11.5 Å². The molecule has 1 fully saturated rings. The fourth-order valence-electron chi connectivity index (χ4n) is 4.78. The first kappa shape index (κ1) is 21.9. The van der Waals surface area contributed by atoms with E-state index in [0.717, 1.165) is 24.7 Å². The molecule has 4 heteroatoms. The lowest BCUT2D eigenvalue weighted by Crippen LogP contribution is -2.25. The molecule has 1 aromatic rings. The van der Waals surface area contributed by atoms with Crippen molar-refractivity contribution >= 4 is 0 Å². The standard InChI is InChI=1S/C25H34F2O2/c1-3-5-18-6-10-20(11-7-18)21-12-8-19(9-13-21)17-29-23-15-14-22(28-16-4-2)24(26)25(23)27/h4,6,14-16,19-21H,3,5,7-13,17H2,1-2H3/b16-4+. The predicted molar refractivity (Wildman–Crippen MR) is 113 cm³/mol. The van der Waals surface area contributed by atoms with Gasteiger partial charge in [0.1, 0.15) is 0 Å². The van der Waals surface area contributed by atoms with Crippen LogP contribution < -0.4 is 9.47 Å². The van der Waals surface area contributed by atoms with E-state index >= 15 is 0 Å². The summed E-state index contributed by atoms with van der Waals surface area (Å²) >= 11 is 0. The number of hydrogen-bond donors (Lipinski definition) is 0. The van der Waals surface area contributed by atoms with Crippen LogP contribution in [0.1, 0.15) is 71.6 Å². The van der Waals surface area contributed by atoms with Crippen LogP contribution >= 0.6 is 0 Å². The first-order valence-corrected chi connectivity index (χ1v) is 11.2. The Labute approximate surface area is 174 Å². The van der Waals surface area contributed by atoms with Crippen LogP contribution in [0.4, 0.5) is 8.78 Å². The Bertz CT molecular complexity index is 718. The van der Waals surface area contributed by atoms with Crippen molar-refractivity contribution in [3.63, 3.8) is 0 Å². The van der Waals surface area contributed by atoms with Crippen molar-refractivity contribution in [1.82, 2.24) is 0 Å². The van der Waals surface area contributed by atoms with Gasteiger partial charge in [0.15, 0.2) is 11.5 Å². The Balaban J connectivity index is 1.45. The van der Waals surface area contributed by atoms with Gasteiger partial charge in [0.05, 0.1) is 12.9 Å². The summed E-state index contributed by atoms with van der Waals surface area (Å²) in [6.45, 7) is 4.45. The highest BCUT2D eigenvalue weighted by molar-refractivity contribution is 5.35. The third-order valence-corrected chi connectivity index (χ3v) is 6.49. The average molecular weight is 405 g/mol. The number of halogens is 2. The van der Waals surface area contributed by atoms with Crippen LogP contribution in [-0.2, 0) is 0 Å². The third kappa shape index (κ3) is 5.83. The van der Waals surface area contributed by atoms with Gasteiger partial charge in [-0.3, -0.25) is 0 Å². The summed E-state index contributed by atoms with van der Waals surface area (Å²) in [5, 5.41) is 0. The zero-order chi connectivity index (χ0) is 20.6. The van der Waals surface area contributed by atoms with Crippen LogP contribution in [0.15, 0.2) is 36.1 Å². The quantitative estimate of drug-likeness (QED) is 0.328. The largest absolute Gasteiger partial charge is 0.490 e. The normalized spacial score (nSPS) is 25.1. The van der Waals surface area contributed by atoms with E-state index in [9.17, 15) is 8.78 Å². The maximum atomic E-state index is 14.2. The first-order valence-electron chi connectivity index (χ1n) is 11.2. The zero-order valence-electron chi connectivity index (χ0n) is 17.8. The van der Waals surface area contributed by atoms with E-state index in [1.165, 1.54) is 63.3 Å². The number of hydrogen-bond acceptors (Lipinski definition) is 2. The fraction of sp³-hybridized carbons (Fsp3) is 0.600. The Morgan fingerprint density at radius 3 is 2.38 bits per heavy atom. The van der Waals surface area contributed by atoms with E-state index in [-0.39, 0.29) is 11.5 Å². The lowest BCUT2D eigenvalue weighted by Gasteiger charge is -2.35. The van der Waals surface area contributed by atoms with Gasteiger partial charge in [-0.25, -0.2) is 0 Å². The molecule has 0 saturated heterocycles. The maximum absolute atomic E-state index is 14.2. The van der Waals surface area contributed by atoms with E-state index in [1.54, 1.807) is 18.6 Å². The highest BCUT2D eigenvalue weighted by atomic mass is 19.2. The van der Waals surface area contributed by atoms with Crippen LogP contribution in [0.25, 0.3) is 0 Å². The predicted octanol–water partition coefficient (Wildman–Crippen LogP) is 7.59. The van der Waals surface area contributed by atoms with Gasteiger partial charge in [-0.15, -0.1) is 0 Å². The summed E-state index contributed by atoms with van der Waals surface area (Å²) in [5.74, 6) is -0.0795. The molecular formula is C25H34F2O2. The Hall–Kier alpha value is -1.84. The van der Waals surface area contributed by atoms with Crippen molar-refractivity contribution in [2.24, 2.45) is 17.8 Å². The molecule has 2 aliphatic rings.